The van der Waals surface area contributed by atoms with E-state index in [1.807, 2.05) is 30.3 Å². The van der Waals surface area contributed by atoms with Crippen molar-refractivity contribution in [3.63, 3.8) is 0 Å². The minimum Gasteiger partial charge on any atom is -0.301 e. The zero-order valence-electron chi connectivity index (χ0n) is 6.64. The van der Waals surface area contributed by atoms with Crippen LogP contribution in [0.1, 0.15) is 11.7 Å². The highest BCUT2D eigenvalue weighted by Crippen LogP contribution is 2.14. The van der Waals surface area contributed by atoms with Crippen molar-refractivity contribution in [1.82, 2.24) is 0 Å². The van der Waals surface area contributed by atoms with Gasteiger partial charge in [0.15, 0.2) is 0 Å². The van der Waals surface area contributed by atoms with Crippen molar-refractivity contribution in [1.29, 1.82) is 0 Å². The molecule has 1 aromatic carbocycles. The average molecular weight is 168 g/mol. The van der Waals surface area contributed by atoms with Gasteiger partial charge in [0.2, 0.25) is 0 Å². The quantitative estimate of drug-likeness (QED) is 0.642. The van der Waals surface area contributed by atoms with Crippen LogP contribution in [-0.4, -0.2) is 6.61 Å². The van der Waals surface area contributed by atoms with Gasteiger partial charge in [0.05, 0.1) is 0 Å². The highest BCUT2D eigenvalue weighted by Gasteiger charge is 2.09. The van der Waals surface area contributed by atoms with E-state index in [2.05, 4.69) is 9.68 Å². The average Bonchev–Trinajstić information content (AvgIpc) is 2.15. The first-order valence-electron chi connectivity index (χ1n) is 3.60. The Bertz CT molecular complexity index is 216. The van der Waals surface area contributed by atoms with E-state index in [1.54, 1.807) is 0 Å². The van der Waals surface area contributed by atoms with E-state index >= 15 is 0 Å². The molecule has 4 nitrogen and oxygen atoms in total. The van der Waals surface area contributed by atoms with E-state index in [4.69, 9.17) is 11.8 Å². The maximum atomic E-state index is 5.06. The van der Waals surface area contributed by atoms with Gasteiger partial charge in [0.1, 0.15) is 12.7 Å². The largest absolute Gasteiger partial charge is 0.301 e. The molecule has 1 rings (SSSR count). The van der Waals surface area contributed by atoms with E-state index in [-0.39, 0.29) is 12.7 Å². The van der Waals surface area contributed by atoms with E-state index in [0.717, 1.165) is 5.56 Å². The summed E-state index contributed by atoms with van der Waals surface area (Å²) in [6, 6.07) is 9.52. The third-order valence-electron chi connectivity index (χ3n) is 1.58. The fourth-order valence-electron chi connectivity index (χ4n) is 0.969. The maximum Gasteiger partial charge on any atom is 0.129 e. The van der Waals surface area contributed by atoms with Crippen LogP contribution in [0.3, 0.4) is 0 Å². The second-order valence-electron chi connectivity index (χ2n) is 2.37. The standard InChI is InChI=1S/C8H12N2O2/c9-11-6-8(12-10)7-4-2-1-3-5-7/h1-5,8H,6,9-10H2. The summed E-state index contributed by atoms with van der Waals surface area (Å²) >= 11 is 0. The fourth-order valence-corrected chi connectivity index (χ4v) is 0.969. The molecule has 0 aromatic heterocycles. The van der Waals surface area contributed by atoms with Crippen LogP contribution in [-0.2, 0) is 9.68 Å². The highest BCUT2D eigenvalue weighted by molar-refractivity contribution is 5.17. The molecule has 0 aliphatic rings. The summed E-state index contributed by atoms with van der Waals surface area (Å²) in [5, 5.41) is 0. The van der Waals surface area contributed by atoms with E-state index in [0.29, 0.717) is 0 Å². The van der Waals surface area contributed by atoms with Gasteiger partial charge in [-0.1, -0.05) is 30.3 Å². The molecule has 0 radical (unpaired) electrons. The molecule has 4 N–H and O–H groups in total. The third-order valence-corrected chi connectivity index (χ3v) is 1.58. The summed E-state index contributed by atoms with van der Waals surface area (Å²) in [6.45, 7) is 0.251. The molecule has 0 spiro atoms. The summed E-state index contributed by atoms with van der Waals surface area (Å²) in [5.74, 6) is 9.96. The zero-order chi connectivity index (χ0) is 8.81. The van der Waals surface area contributed by atoms with Crippen LogP contribution in [0.2, 0.25) is 0 Å². The molecule has 0 saturated carbocycles. The Hall–Kier alpha value is -0.940. The van der Waals surface area contributed by atoms with Crippen LogP contribution >= 0.6 is 0 Å². The number of nitrogens with two attached hydrogens (primary N) is 2. The second kappa shape index (κ2) is 4.84. The molecule has 0 aliphatic heterocycles. The van der Waals surface area contributed by atoms with Gasteiger partial charge >= 0.3 is 0 Å². The molecule has 4 heteroatoms. The van der Waals surface area contributed by atoms with Crippen molar-refractivity contribution in [2.24, 2.45) is 11.8 Å². The number of hydrogen-bond donors (Lipinski definition) is 2. The van der Waals surface area contributed by atoms with Crippen molar-refractivity contribution in [3.8, 4) is 0 Å². The Morgan fingerprint density at radius 2 is 1.83 bits per heavy atom. The molecule has 1 atom stereocenters. The third kappa shape index (κ3) is 2.28. The molecular weight excluding hydrogens is 156 g/mol. The van der Waals surface area contributed by atoms with Crippen molar-refractivity contribution in [2.75, 3.05) is 6.61 Å². The lowest BCUT2D eigenvalue weighted by Crippen LogP contribution is -2.17. The Kier molecular flexibility index (Phi) is 3.69. The number of hydrogen-bond acceptors (Lipinski definition) is 4. The molecule has 0 amide bonds. The lowest BCUT2D eigenvalue weighted by Gasteiger charge is -2.12. The van der Waals surface area contributed by atoms with Gasteiger partial charge < -0.3 is 4.84 Å². The monoisotopic (exact) mass is 168 g/mol. The number of rotatable bonds is 4. The maximum absolute atomic E-state index is 5.06. The van der Waals surface area contributed by atoms with Crippen LogP contribution in [0.5, 0.6) is 0 Å². The molecule has 0 bridgehead atoms. The smallest absolute Gasteiger partial charge is 0.129 e. The lowest BCUT2D eigenvalue weighted by atomic mass is 10.1. The highest BCUT2D eigenvalue weighted by atomic mass is 16.7. The molecule has 0 heterocycles. The molecule has 0 aliphatic carbocycles. The first-order chi connectivity index (χ1) is 5.88. The Morgan fingerprint density at radius 1 is 1.17 bits per heavy atom. The summed E-state index contributed by atoms with van der Waals surface area (Å²) in [6.07, 6.45) is -0.295. The normalized spacial score (nSPS) is 12.8. The summed E-state index contributed by atoms with van der Waals surface area (Å²) in [7, 11) is 0. The van der Waals surface area contributed by atoms with Crippen LogP contribution in [0.25, 0.3) is 0 Å². The van der Waals surface area contributed by atoms with Crippen molar-refractivity contribution in [3.05, 3.63) is 35.9 Å². The van der Waals surface area contributed by atoms with Crippen LogP contribution in [0.15, 0.2) is 30.3 Å². The van der Waals surface area contributed by atoms with Crippen molar-refractivity contribution in [2.45, 2.75) is 6.10 Å². The zero-order valence-corrected chi connectivity index (χ0v) is 6.64. The molecular formula is C8H12N2O2. The topological polar surface area (TPSA) is 70.5 Å². The van der Waals surface area contributed by atoms with Crippen molar-refractivity contribution < 1.29 is 9.68 Å². The predicted octanol–water partition coefficient (Wildman–Crippen LogP) is 0.508. The fraction of sp³-hybridized carbons (Fsp3) is 0.250. The predicted molar refractivity (Wildman–Crippen MR) is 44.6 cm³/mol. The van der Waals surface area contributed by atoms with Gasteiger partial charge in [-0.3, -0.25) is 4.84 Å². The molecule has 1 aromatic rings. The van der Waals surface area contributed by atoms with Gasteiger partial charge in [-0.2, -0.15) is 0 Å². The van der Waals surface area contributed by atoms with Crippen LogP contribution in [0, 0.1) is 0 Å². The molecule has 12 heavy (non-hydrogen) atoms. The van der Waals surface area contributed by atoms with E-state index in [1.165, 1.54) is 0 Å². The minimum atomic E-state index is -0.295. The molecule has 0 fully saturated rings. The van der Waals surface area contributed by atoms with Crippen molar-refractivity contribution >= 4 is 0 Å². The van der Waals surface area contributed by atoms with Gasteiger partial charge in [-0.15, -0.1) is 0 Å². The first-order valence-corrected chi connectivity index (χ1v) is 3.60. The van der Waals surface area contributed by atoms with Crippen LogP contribution < -0.4 is 11.8 Å². The van der Waals surface area contributed by atoms with E-state index in [9.17, 15) is 0 Å². The molecule has 1 unspecified atom stereocenters. The van der Waals surface area contributed by atoms with E-state index < -0.39 is 0 Å². The molecule has 66 valence electrons. The van der Waals surface area contributed by atoms with Gasteiger partial charge in [-0.05, 0) is 5.56 Å². The summed E-state index contributed by atoms with van der Waals surface area (Å²) in [5.41, 5.74) is 0.949. The SMILES string of the molecule is NOCC(ON)c1ccccc1. The Balaban J connectivity index is 2.66. The Morgan fingerprint density at radius 3 is 2.33 bits per heavy atom. The summed E-state index contributed by atoms with van der Waals surface area (Å²) in [4.78, 5) is 9.12. The van der Waals surface area contributed by atoms with Gasteiger partial charge in [-0.25, -0.2) is 11.8 Å². The lowest BCUT2D eigenvalue weighted by molar-refractivity contribution is -0.0201. The summed E-state index contributed by atoms with van der Waals surface area (Å²) < 4.78 is 0. The van der Waals surface area contributed by atoms with Gasteiger partial charge in [0.25, 0.3) is 0 Å². The second-order valence-corrected chi connectivity index (χ2v) is 2.37. The Labute approximate surface area is 71.0 Å². The van der Waals surface area contributed by atoms with Gasteiger partial charge in [0, 0.05) is 0 Å². The first kappa shape index (κ1) is 9.15. The van der Waals surface area contributed by atoms with Crippen LogP contribution in [0.4, 0.5) is 0 Å². The minimum absolute atomic E-state index is 0.251. The molecule has 0 saturated heterocycles. The number of benzene rings is 1.